The Kier molecular flexibility index (Phi) is 4.77. The predicted octanol–water partition coefficient (Wildman–Crippen LogP) is 1.30. The maximum atomic E-state index is 11.4. The van der Waals surface area contributed by atoms with Crippen LogP contribution in [0.15, 0.2) is 35.3 Å². The molecular weight excluding hydrogens is 298 g/mol. The van der Waals surface area contributed by atoms with Crippen LogP contribution in [0.2, 0.25) is 0 Å². The van der Waals surface area contributed by atoms with E-state index in [1.165, 1.54) is 13.5 Å². The van der Waals surface area contributed by atoms with E-state index < -0.39 is 5.97 Å². The third kappa shape index (κ3) is 3.62. The summed E-state index contributed by atoms with van der Waals surface area (Å²) in [6, 6.07) is 5.89. The Labute approximate surface area is 134 Å². The number of carbonyl (C=O) groups excluding carboxylic acids is 1. The van der Waals surface area contributed by atoms with E-state index in [-0.39, 0.29) is 6.61 Å². The zero-order valence-corrected chi connectivity index (χ0v) is 12.9. The Morgan fingerprint density at radius 3 is 2.91 bits per heavy atom. The average Bonchev–Trinajstić information content (AvgIpc) is 3.14. The van der Waals surface area contributed by atoms with Crippen LogP contribution in [0.25, 0.3) is 11.3 Å². The number of aromatic nitrogens is 1. The maximum absolute atomic E-state index is 11.4. The summed E-state index contributed by atoms with van der Waals surface area (Å²) in [5.74, 6) is 0.156. The number of piperazine rings is 1. The topological polar surface area (TPSA) is 76.8 Å². The summed E-state index contributed by atoms with van der Waals surface area (Å²) < 4.78 is 15.3. The maximum Gasteiger partial charge on any atom is 0.343 e. The van der Waals surface area contributed by atoms with Crippen LogP contribution in [0, 0.1) is 0 Å². The minimum Gasteiger partial charge on any atom is -0.481 e. The third-order valence-electron chi connectivity index (χ3n) is 3.73. The van der Waals surface area contributed by atoms with Gasteiger partial charge in [0.15, 0.2) is 13.0 Å². The predicted molar refractivity (Wildman–Crippen MR) is 84.5 cm³/mol. The standard InChI is InChI=1S/C16H19N3O4/c1-21-16(20)10-23-15-8-12(19-6-4-17-5-7-19)2-3-13(15)14-9-22-11-18-14/h2-3,8-9,11,17H,4-7,10H2,1H3. The lowest BCUT2D eigenvalue weighted by atomic mass is 10.1. The molecule has 1 saturated heterocycles. The van der Waals surface area contributed by atoms with Crippen molar-refractivity contribution in [2.24, 2.45) is 0 Å². The minimum atomic E-state index is -0.427. The molecule has 0 radical (unpaired) electrons. The fraction of sp³-hybridized carbons (Fsp3) is 0.375. The van der Waals surface area contributed by atoms with E-state index >= 15 is 0 Å². The monoisotopic (exact) mass is 317 g/mol. The van der Waals surface area contributed by atoms with Crippen molar-refractivity contribution in [1.29, 1.82) is 0 Å². The van der Waals surface area contributed by atoms with Gasteiger partial charge in [0.25, 0.3) is 0 Å². The summed E-state index contributed by atoms with van der Waals surface area (Å²) in [5.41, 5.74) is 2.50. The second kappa shape index (κ2) is 7.15. The van der Waals surface area contributed by atoms with E-state index in [0.29, 0.717) is 11.4 Å². The molecule has 0 aliphatic carbocycles. The van der Waals surface area contributed by atoms with Crippen molar-refractivity contribution in [3.05, 3.63) is 30.9 Å². The van der Waals surface area contributed by atoms with Crippen molar-refractivity contribution in [3.8, 4) is 17.0 Å². The Bertz CT molecular complexity index is 651. The number of rotatable bonds is 5. The summed E-state index contributed by atoms with van der Waals surface area (Å²) in [6.07, 6.45) is 2.91. The van der Waals surface area contributed by atoms with Crippen LogP contribution < -0.4 is 15.0 Å². The number of benzene rings is 1. The molecule has 0 amide bonds. The molecule has 2 heterocycles. The third-order valence-corrected chi connectivity index (χ3v) is 3.73. The van der Waals surface area contributed by atoms with Crippen LogP contribution in [-0.2, 0) is 9.53 Å². The molecule has 1 aliphatic rings. The Morgan fingerprint density at radius 1 is 1.39 bits per heavy atom. The van der Waals surface area contributed by atoms with Crippen molar-refractivity contribution in [3.63, 3.8) is 0 Å². The van der Waals surface area contributed by atoms with Crippen LogP contribution in [0.1, 0.15) is 0 Å². The SMILES string of the molecule is COC(=O)COc1cc(N2CCNCC2)ccc1-c1cocn1. The molecule has 1 aromatic heterocycles. The first-order chi connectivity index (χ1) is 11.3. The van der Waals surface area contributed by atoms with Gasteiger partial charge in [0.05, 0.1) is 7.11 Å². The highest BCUT2D eigenvalue weighted by Crippen LogP contribution is 2.33. The first kappa shape index (κ1) is 15.4. The summed E-state index contributed by atoms with van der Waals surface area (Å²) >= 11 is 0. The zero-order chi connectivity index (χ0) is 16.1. The van der Waals surface area contributed by atoms with Gasteiger partial charge in [-0.2, -0.15) is 0 Å². The van der Waals surface area contributed by atoms with Crippen molar-refractivity contribution in [1.82, 2.24) is 10.3 Å². The quantitative estimate of drug-likeness (QED) is 0.833. The second-order valence-corrected chi connectivity index (χ2v) is 5.16. The van der Waals surface area contributed by atoms with Crippen LogP contribution in [0.3, 0.4) is 0 Å². The molecule has 0 unspecified atom stereocenters. The molecule has 23 heavy (non-hydrogen) atoms. The molecule has 1 fully saturated rings. The van der Waals surface area contributed by atoms with Gasteiger partial charge in [0.2, 0.25) is 0 Å². The fourth-order valence-electron chi connectivity index (χ4n) is 2.50. The normalized spacial score (nSPS) is 14.6. The highest BCUT2D eigenvalue weighted by molar-refractivity contribution is 5.74. The number of esters is 1. The number of nitrogens with zero attached hydrogens (tertiary/aromatic N) is 2. The molecular formula is C16H19N3O4. The number of nitrogens with one attached hydrogen (secondary N) is 1. The average molecular weight is 317 g/mol. The summed E-state index contributed by atoms with van der Waals surface area (Å²) in [4.78, 5) is 17.8. The van der Waals surface area contributed by atoms with Gasteiger partial charge in [-0.15, -0.1) is 0 Å². The molecule has 0 atom stereocenters. The number of hydrogen-bond acceptors (Lipinski definition) is 7. The Balaban J connectivity index is 1.88. The smallest absolute Gasteiger partial charge is 0.343 e. The molecule has 7 nitrogen and oxygen atoms in total. The molecule has 122 valence electrons. The van der Waals surface area contributed by atoms with Crippen LogP contribution in [0.5, 0.6) is 5.75 Å². The molecule has 0 bridgehead atoms. The van der Waals surface area contributed by atoms with Gasteiger partial charge >= 0.3 is 5.97 Å². The van der Waals surface area contributed by atoms with Crippen molar-refractivity contribution in [2.45, 2.75) is 0 Å². The molecule has 3 rings (SSSR count). The molecule has 0 saturated carbocycles. The number of hydrogen-bond donors (Lipinski definition) is 1. The van der Waals surface area contributed by atoms with E-state index in [9.17, 15) is 4.79 Å². The highest BCUT2D eigenvalue weighted by atomic mass is 16.6. The van der Waals surface area contributed by atoms with Gasteiger partial charge < -0.3 is 24.1 Å². The lowest BCUT2D eigenvalue weighted by Gasteiger charge is -2.30. The second-order valence-electron chi connectivity index (χ2n) is 5.16. The van der Waals surface area contributed by atoms with Crippen LogP contribution in [-0.4, -0.2) is 50.8 Å². The van der Waals surface area contributed by atoms with E-state index in [0.717, 1.165) is 37.4 Å². The van der Waals surface area contributed by atoms with E-state index in [2.05, 4.69) is 19.9 Å². The number of anilines is 1. The van der Waals surface area contributed by atoms with Crippen LogP contribution in [0.4, 0.5) is 5.69 Å². The summed E-state index contributed by atoms with van der Waals surface area (Å²) in [7, 11) is 1.33. The molecule has 1 aliphatic heterocycles. The van der Waals surface area contributed by atoms with Gasteiger partial charge in [-0.1, -0.05) is 0 Å². The van der Waals surface area contributed by atoms with Gasteiger partial charge in [-0.05, 0) is 12.1 Å². The molecule has 0 spiro atoms. The summed E-state index contributed by atoms with van der Waals surface area (Å²) in [5, 5.41) is 3.32. The lowest BCUT2D eigenvalue weighted by molar-refractivity contribution is -0.142. The first-order valence-corrected chi connectivity index (χ1v) is 7.46. The minimum absolute atomic E-state index is 0.146. The Morgan fingerprint density at radius 2 is 2.22 bits per heavy atom. The molecule has 2 aromatic rings. The van der Waals surface area contributed by atoms with E-state index in [4.69, 9.17) is 9.15 Å². The van der Waals surface area contributed by atoms with Crippen molar-refractivity contribution >= 4 is 11.7 Å². The first-order valence-electron chi connectivity index (χ1n) is 7.46. The van der Waals surface area contributed by atoms with Crippen LogP contribution >= 0.6 is 0 Å². The number of methoxy groups -OCH3 is 1. The molecule has 1 N–H and O–H groups in total. The van der Waals surface area contributed by atoms with Gasteiger partial charge in [-0.3, -0.25) is 0 Å². The van der Waals surface area contributed by atoms with Crippen molar-refractivity contribution in [2.75, 3.05) is 44.8 Å². The zero-order valence-electron chi connectivity index (χ0n) is 12.9. The molecule has 7 heteroatoms. The summed E-state index contributed by atoms with van der Waals surface area (Å²) in [6.45, 7) is 3.61. The highest BCUT2D eigenvalue weighted by Gasteiger charge is 2.16. The van der Waals surface area contributed by atoms with Gasteiger partial charge in [0.1, 0.15) is 17.7 Å². The number of carbonyl (C=O) groups is 1. The number of oxazole rings is 1. The van der Waals surface area contributed by atoms with Gasteiger partial charge in [-0.25, -0.2) is 9.78 Å². The molecule has 1 aromatic carbocycles. The van der Waals surface area contributed by atoms with E-state index in [1.54, 1.807) is 6.26 Å². The van der Waals surface area contributed by atoms with Crippen molar-refractivity contribution < 1.29 is 18.7 Å². The van der Waals surface area contributed by atoms with Gasteiger partial charge in [0, 0.05) is 43.5 Å². The fourth-order valence-corrected chi connectivity index (χ4v) is 2.50. The largest absolute Gasteiger partial charge is 0.481 e. The lowest BCUT2D eigenvalue weighted by Crippen LogP contribution is -2.43. The number of ether oxygens (including phenoxy) is 2. The van der Waals surface area contributed by atoms with E-state index in [1.807, 2.05) is 18.2 Å². The Hall–Kier alpha value is -2.54.